The van der Waals surface area contributed by atoms with Crippen molar-refractivity contribution in [3.05, 3.63) is 129 Å². The number of ether oxygens (including phenoxy) is 2. The molecule has 0 atom stereocenters. The van der Waals surface area contributed by atoms with Crippen LogP contribution in [0.25, 0.3) is 22.6 Å². The van der Waals surface area contributed by atoms with E-state index in [9.17, 15) is 9.59 Å². The summed E-state index contributed by atoms with van der Waals surface area (Å²) in [5.41, 5.74) is 5.02. The van der Waals surface area contributed by atoms with Crippen LogP contribution in [0.3, 0.4) is 0 Å². The highest BCUT2D eigenvalue weighted by Gasteiger charge is 2.28. The van der Waals surface area contributed by atoms with Crippen LogP contribution in [0.15, 0.2) is 97.1 Å². The van der Waals surface area contributed by atoms with Crippen LogP contribution in [0.1, 0.15) is 33.6 Å². The van der Waals surface area contributed by atoms with Gasteiger partial charge in [-0.25, -0.2) is 9.78 Å². The highest BCUT2D eigenvalue weighted by atomic mass is 35.5. The Bertz CT molecular complexity index is 1850. The molecule has 208 valence electrons. The number of carbonyl (C=O) groups is 2. The van der Waals surface area contributed by atoms with Crippen LogP contribution in [0.4, 0.5) is 5.69 Å². The average Bonchev–Trinajstić information content (AvgIpc) is 3.38. The number of fused-ring (bicyclic) bond motifs is 2. The standard InChI is InChI=1S/C34H24Cl2N2O4/c35-23-14-16-30(28(36)19-23)37-31(39)20-41-34(40)32-26-11-4-5-12-29(26)38-33-22(13-15-27(32)33)17-21-7-6-10-25(18-21)42-24-8-2-1-3-9-24/h1-12,14,16-19H,13,15,20H2,(H,37,39)/b22-17+. The highest BCUT2D eigenvalue weighted by molar-refractivity contribution is 6.36. The molecule has 0 unspecified atom stereocenters. The second kappa shape index (κ2) is 12.1. The number of allylic oxidation sites excluding steroid dienone is 1. The van der Waals surface area contributed by atoms with Crippen molar-refractivity contribution in [1.29, 1.82) is 0 Å². The first kappa shape index (κ1) is 27.5. The number of aromatic nitrogens is 1. The van der Waals surface area contributed by atoms with Gasteiger partial charge < -0.3 is 14.8 Å². The fraction of sp³-hybridized carbons (Fsp3) is 0.0882. The van der Waals surface area contributed by atoms with E-state index in [-0.39, 0.29) is 5.02 Å². The number of para-hydroxylation sites is 2. The Balaban J connectivity index is 1.26. The van der Waals surface area contributed by atoms with Gasteiger partial charge in [0.2, 0.25) is 0 Å². The van der Waals surface area contributed by atoms with Gasteiger partial charge in [-0.2, -0.15) is 0 Å². The van der Waals surface area contributed by atoms with Crippen LogP contribution in [-0.2, 0) is 16.0 Å². The normalized spacial score (nSPS) is 13.1. The van der Waals surface area contributed by atoms with Gasteiger partial charge in [-0.3, -0.25) is 4.79 Å². The molecule has 0 bridgehead atoms. The number of anilines is 1. The summed E-state index contributed by atoms with van der Waals surface area (Å²) in [4.78, 5) is 31.0. The summed E-state index contributed by atoms with van der Waals surface area (Å²) in [7, 11) is 0. The molecular weight excluding hydrogens is 571 g/mol. The Morgan fingerprint density at radius 3 is 2.48 bits per heavy atom. The number of nitrogens with one attached hydrogen (secondary N) is 1. The number of benzene rings is 4. The lowest BCUT2D eigenvalue weighted by Crippen LogP contribution is -2.22. The average molecular weight is 595 g/mol. The SMILES string of the molecule is O=C(COC(=O)c1c2c(nc3ccccc13)/C(=C/c1cccc(Oc3ccccc3)c1)CC2)Nc1ccc(Cl)cc1Cl. The number of esters is 1. The van der Waals surface area contributed by atoms with Crippen molar-refractivity contribution in [2.24, 2.45) is 0 Å². The summed E-state index contributed by atoms with van der Waals surface area (Å²) in [6.07, 6.45) is 3.40. The Hall–Kier alpha value is -4.65. The maximum atomic E-state index is 13.5. The van der Waals surface area contributed by atoms with Crippen molar-refractivity contribution in [3.63, 3.8) is 0 Å². The first-order valence-electron chi connectivity index (χ1n) is 13.3. The molecule has 1 aliphatic carbocycles. The van der Waals surface area contributed by atoms with E-state index < -0.39 is 18.5 Å². The van der Waals surface area contributed by atoms with E-state index in [1.807, 2.05) is 78.9 Å². The Morgan fingerprint density at radius 1 is 0.857 bits per heavy atom. The maximum absolute atomic E-state index is 13.5. The minimum Gasteiger partial charge on any atom is -0.457 e. The van der Waals surface area contributed by atoms with Crippen molar-refractivity contribution in [1.82, 2.24) is 4.98 Å². The largest absolute Gasteiger partial charge is 0.457 e. The van der Waals surface area contributed by atoms with Gasteiger partial charge in [0.15, 0.2) is 6.61 Å². The number of halogens is 2. The van der Waals surface area contributed by atoms with E-state index in [4.69, 9.17) is 37.7 Å². The molecule has 1 aromatic heterocycles. The number of nitrogens with zero attached hydrogens (tertiary/aromatic N) is 1. The summed E-state index contributed by atoms with van der Waals surface area (Å²) >= 11 is 12.1. The number of carbonyl (C=O) groups excluding carboxylic acids is 2. The lowest BCUT2D eigenvalue weighted by atomic mass is 10.0. The van der Waals surface area contributed by atoms with Gasteiger partial charge in [-0.15, -0.1) is 0 Å². The van der Waals surface area contributed by atoms with E-state index in [2.05, 4.69) is 11.4 Å². The number of amides is 1. The van der Waals surface area contributed by atoms with Crippen molar-refractivity contribution in [2.75, 3.05) is 11.9 Å². The second-order valence-electron chi connectivity index (χ2n) is 9.74. The highest BCUT2D eigenvalue weighted by Crippen LogP contribution is 2.38. The van der Waals surface area contributed by atoms with Crippen molar-refractivity contribution >= 4 is 63.3 Å². The Labute approximate surface area is 252 Å². The van der Waals surface area contributed by atoms with E-state index >= 15 is 0 Å². The van der Waals surface area contributed by atoms with Crippen LogP contribution in [-0.4, -0.2) is 23.5 Å². The topological polar surface area (TPSA) is 77.5 Å². The van der Waals surface area contributed by atoms with Crippen LogP contribution < -0.4 is 10.1 Å². The van der Waals surface area contributed by atoms with Crippen molar-refractivity contribution < 1.29 is 19.1 Å². The molecule has 0 spiro atoms. The molecule has 0 saturated carbocycles. The van der Waals surface area contributed by atoms with Gasteiger partial charge in [0.1, 0.15) is 11.5 Å². The zero-order valence-electron chi connectivity index (χ0n) is 22.3. The van der Waals surface area contributed by atoms with Crippen LogP contribution in [0.5, 0.6) is 11.5 Å². The molecule has 0 saturated heterocycles. The molecule has 4 aromatic carbocycles. The van der Waals surface area contributed by atoms with Gasteiger partial charge in [-0.1, -0.05) is 71.7 Å². The second-order valence-corrected chi connectivity index (χ2v) is 10.6. The minimum atomic E-state index is -0.582. The molecule has 5 aromatic rings. The van der Waals surface area contributed by atoms with E-state index in [1.165, 1.54) is 6.07 Å². The molecule has 1 heterocycles. The summed E-state index contributed by atoms with van der Waals surface area (Å²) in [6, 6.07) is 29.6. The zero-order valence-corrected chi connectivity index (χ0v) is 23.8. The van der Waals surface area contributed by atoms with Gasteiger partial charge in [0, 0.05) is 10.4 Å². The fourth-order valence-corrected chi connectivity index (χ4v) is 5.44. The summed E-state index contributed by atoms with van der Waals surface area (Å²) in [6.45, 7) is -0.472. The molecule has 8 heteroatoms. The summed E-state index contributed by atoms with van der Waals surface area (Å²) < 4.78 is 11.5. The number of hydrogen-bond acceptors (Lipinski definition) is 5. The molecule has 0 fully saturated rings. The minimum absolute atomic E-state index is 0.289. The predicted octanol–water partition coefficient (Wildman–Crippen LogP) is 8.62. The van der Waals surface area contributed by atoms with E-state index in [1.54, 1.807) is 12.1 Å². The fourth-order valence-electron chi connectivity index (χ4n) is 4.99. The molecule has 6 nitrogen and oxygen atoms in total. The van der Waals surface area contributed by atoms with Crippen molar-refractivity contribution in [3.8, 4) is 11.5 Å². The smallest absolute Gasteiger partial charge is 0.339 e. The lowest BCUT2D eigenvalue weighted by molar-refractivity contribution is -0.119. The molecule has 6 rings (SSSR count). The maximum Gasteiger partial charge on any atom is 0.339 e. The number of rotatable bonds is 7. The van der Waals surface area contributed by atoms with Crippen LogP contribution in [0.2, 0.25) is 10.0 Å². The van der Waals surface area contributed by atoms with Crippen molar-refractivity contribution in [2.45, 2.75) is 12.8 Å². The van der Waals surface area contributed by atoms with Gasteiger partial charge >= 0.3 is 5.97 Å². The first-order chi connectivity index (χ1) is 20.4. The van der Waals surface area contributed by atoms with E-state index in [0.717, 1.165) is 33.9 Å². The van der Waals surface area contributed by atoms with Gasteiger partial charge in [0.05, 0.1) is 27.5 Å². The predicted molar refractivity (Wildman–Crippen MR) is 166 cm³/mol. The third-order valence-corrected chi connectivity index (χ3v) is 7.41. The molecule has 1 N–H and O–H groups in total. The lowest BCUT2D eigenvalue weighted by Gasteiger charge is -2.13. The molecule has 42 heavy (non-hydrogen) atoms. The third kappa shape index (κ3) is 6.00. The number of pyridine rings is 1. The molecular formula is C34H24Cl2N2O4. The summed E-state index contributed by atoms with van der Waals surface area (Å²) in [5, 5.41) is 4.07. The third-order valence-electron chi connectivity index (χ3n) is 6.86. The van der Waals surface area contributed by atoms with Gasteiger partial charge in [-0.05, 0) is 84.1 Å². The molecule has 1 aliphatic rings. The van der Waals surface area contributed by atoms with Crippen LogP contribution >= 0.6 is 23.2 Å². The molecule has 1 amide bonds. The number of hydrogen-bond donors (Lipinski definition) is 1. The molecule has 0 radical (unpaired) electrons. The van der Waals surface area contributed by atoms with Gasteiger partial charge in [0.25, 0.3) is 5.91 Å². The van der Waals surface area contributed by atoms with E-state index in [0.29, 0.717) is 40.0 Å². The first-order valence-corrected chi connectivity index (χ1v) is 14.1. The summed E-state index contributed by atoms with van der Waals surface area (Å²) in [5.74, 6) is 0.389. The Kier molecular flexibility index (Phi) is 7.91. The zero-order chi connectivity index (χ0) is 29.1. The monoisotopic (exact) mass is 594 g/mol. The van der Waals surface area contributed by atoms with Crippen LogP contribution in [0, 0.1) is 0 Å². The quantitative estimate of drug-likeness (QED) is 0.191. The molecule has 0 aliphatic heterocycles. The Morgan fingerprint density at radius 2 is 1.64 bits per heavy atom.